The number of nitrogens with zero attached hydrogens (tertiary/aromatic N) is 2. The Balaban J connectivity index is 1.62. The van der Waals surface area contributed by atoms with Gasteiger partial charge in [0.1, 0.15) is 6.04 Å². The number of rotatable bonds is 5. The molecule has 8 nitrogen and oxygen atoms in total. The van der Waals surface area contributed by atoms with Crippen molar-refractivity contribution in [1.29, 1.82) is 0 Å². The molecule has 1 aliphatic heterocycles. The zero-order valence-corrected chi connectivity index (χ0v) is 16.4. The summed E-state index contributed by atoms with van der Waals surface area (Å²) in [6, 6.07) is 2.08. The number of fused-ring (bicyclic) bond motifs is 1. The molecular formula is C19H22ClN3O5. The molecule has 1 aromatic rings. The molecule has 0 spiro atoms. The number of imide groups is 1. The van der Waals surface area contributed by atoms with Crippen molar-refractivity contribution < 1.29 is 23.9 Å². The van der Waals surface area contributed by atoms with Crippen molar-refractivity contribution in [2.45, 2.75) is 51.7 Å². The quantitative estimate of drug-likeness (QED) is 0.455. The van der Waals surface area contributed by atoms with Crippen molar-refractivity contribution in [3.63, 3.8) is 0 Å². The lowest BCUT2D eigenvalue weighted by Crippen LogP contribution is -2.46. The summed E-state index contributed by atoms with van der Waals surface area (Å²) in [5.74, 6) is -2.73. The van der Waals surface area contributed by atoms with Gasteiger partial charge in [-0.15, -0.1) is 0 Å². The minimum absolute atomic E-state index is 0.110. The second kappa shape index (κ2) is 8.26. The Morgan fingerprint density at radius 3 is 2.39 bits per heavy atom. The monoisotopic (exact) mass is 407 g/mol. The molecule has 2 heterocycles. The van der Waals surface area contributed by atoms with E-state index in [-0.39, 0.29) is 28.8 Å². The first-order chi connectivity index (χ1) is 13.3. The first-order valence-corrected chi connectivity index (χ1v) is 9.68. The molecule has 1 aliphatic carbocycles. The fraction of sp³-hybridized carbons (Fsp3) is 0.526. The average molecular weight is 408 g/mol. The molecule has 4 atom stereocenters. The highest BCUT2D eigenvalue weighted by atomic mass is 35.5. The Kier molecular flexibility index (Phi) is 5.98. The average Bonchev–Trinajstić information content (AvgIpc) is 2.93. The summed E-state index contributed by atoms with van der Waals surface area (Å²) in [5, 5.41) is 2.63. The minimum atomic E-state index is -1.14. The number of nitrogens with one attached hydrogen (secondary N) is 1. The van der Waals surface area contributed by atoms with Crippen molar-refractivity contribution >= 4 is 41.0 Å². The predicted octanol–water partition coefficient (Wildman–Crippen LogP) is 2.17. The third kappa shape index (κ3) is 3.87. The van der Waals surface area contributed by atoms with Crippen LogP contribution >= 0.6 is 11.6 Å². The van der Waals surface area contributed by atoms with Gasteiger partial charge in [0.15, 0.2) is 11.3 Å². The van der Waals surface area contributed by atoms with E-state index in [0.29, 0.717) is 18.5 Å². The van der Waals surface area contributed by atoms with Crippen LogP contribution in [0.3, 0.4) is 0 Å². The molecule has 1 aromatic heterocycles. The van der Waals surface area contributed by atoms with E-state index in [1.165, 1.54) is 20.0 Å². The van der Waals surface area contributed by atoms with Gasteiger partial charge in [-0.2, -0.15) is 0 Å². The van der Waals surface area contributed by atoms with Crippen LogP contribution in [-0.2, 0) is 23.9 Å². The van der Waals surface area contributed by atoms with E-state index in [4.69, 9.17) is 16.3 Å². The van der Waals surface area contributed by atoms with Gasteiger partial charge < -0.3 is 10.1 Å². The van der Waals surface area contributed by atoms with Gasteiger partial charge in [0, 0.05) is 6.20 Å². The van der Waals surface area contributed by atoms with Crippen LogP contribution in [0.5, 0.6) is 0 Å². The Labute approximate surface area is 167 Å². The first kappa shape index (κ1) is 20.3. The van der Waals surface area contributed by atoms with Gasteiger partial charge >= 0.3 is 5.97 Å². The van der Waals surface area contributed by atoms with Crippen molar-refractivity contribution in [1.82, 2.24) is 9.88 Å². The second-order valence-corrected chi connectivity index (χ2v) is 7.49. The second-order valence-electron chi connectivity index (χ2n) is 7.13. The van der Waals surface area contributed by atoms with Crippen LogP contribution in [0.15, 0.2) is 18.3 Å². The molecule has 0 unspecified atom stereocenters. The van der Waals surface area contributed by atoms with Crippen LogP contribution in [0.25, 0.3) is 0 Å². The molecule has 1 saturated carbocycles. The number of halogens is 1. The van der Waals surface area contributed by atoms with Gasteiger partial charge in [-0.25, -0.2) is 9.78 Å². The molecule has 0 aromatic carbocycles. The number of anilines is 1. The number of esters is 1. The molecule has 0 bridgehead atoms. The van der Waals surface area contributed by atoms with E-state index in [9.17, 15) is 19.2 Å². The van der Waals surface area contributed by atoms with Crippen LogP contribution in [-0.4, -0.2) is 45.7 Å². The molecule has 2 fully saturated rings. The molecule has 0 radical (unpaired) electrons. The molecule has 28 heavy (non-hydrogen) atoms. The SMILES string of the molecule is C[C@H](OC(=O)[C@H](C)N1C(=O)[C@H]2CCCC[C@@H]2C1=O)C(=O)Nc1cccnc1Cl. The summed E-state index contributed by atoms with van der Waals surface area (Å²) in [5.41, 5.74) is 0.291. The maximum Gasteiger partial charge on any atom is 0.329 e. The molecular weight excluding hydrogens is 386 g/mol. The van der Waals surface area contributed by atoms with E-state index in [1.807, 2.05) is 0 Å². The molecule has 3 amide bonds. The third-order valence-corrected chi connectivity index (χ3v) is 5.58. The fourth-order valence-corrected chi connectivity index (χ4v) is 3.88. The number of hydrogen-bond donors (Lipinski definition) is 1. The van der Waals surface area contributed by atoms with Crippen molar-refractivity contribution in [3.05, 3.63) is 23.5 Å². The van der Waals surface area contributed by atoms with Gasteiger partial charge in [0.25, 0.3) is 5.91 Å². The van der Waals surface area contributed by atoms with Gasteiger partial charge in [-0.3, -0.25) is 19.3 Å². The molecule has 150 valence electrons. The van der Waals surface area contributed by atoms with E-state index in [1.54, 1.807) is 12.1 Å². The van der Waals surface area contributed by atoms with Crippen molar-refractivity contribution in [3.8, 4) is 0 Å². The number of ether oxygens (including phenoxy) is 1. The maximum atomic E-state index is 12.6. The number of aromatic nitrogens is 1. The normalized spacial score (nSPS) is 23.8. The van der Waals surface area contributed by atoms with Crippen molar-refractivity contribution in [2.24, 2.45) is 11.8 Å². The molecule has 2 aliphatic rings. The topological polar surface area (TPSA) is 106 Å². The zero-order chi connectivity index (χ0) is 20.4. The Bertz CT molecular complexity index is 791. The summed E-state index contributed by atoms with van der Waals surface area (Å²) >= 11 is 5.89. The number of likely N-dealkylation sites (tertiary alicyclic amines) is 1. The van der Waals surface area contributed by atoms with Gasteiger partial charge in [-0.05, 0) is 38.8 Å². The number of carbonyl (C=O) groups is 4. The number of hydrogen-bond acceptors (Lipinski definition) is 6. The molecule has 1 N–H and O–H groups in total. The summed E-state index contributed by atoms with van der Waals surface area (Å²) in [4.78, 5) is 54.8. The van der Waals surface area contributed by atoms with Gasteiger partial charge in [0.2, 0.25) is 11.8 Å². The summed E-state index contributed by atoms with van der Waals surface area (Å²) < 4.78 is 5.19. The molecule has 9 heteroatoms. The van der Waals surface area contributed by atoms with Crippen LogP contribution in [0.4, 0.5) is 5.69 Å². The fourth-order valence-electron chi connectivity index (χ4n) is 3.71. The third-order valence-electron chi connectivity index (χ3n) is 5.28. The Morgan fingerprint density at radius 2 is 1.82 bits per heavy atom. The van der Waals surface area contributed by atoms with E-state index >= 15 is 0 Å². The smallest absolute Gasteiger partial charge is 0.329 e. The standard InChI is InChI=1S/C19H22ClN3O5/c1-10(23-17(25)12-6-3-4-7-13(12)18(23)26)19(27)28-11(2)16(24)22-14-8-5-9-21-15(14)20/h5,8-13H,3-4,6-7H2,1-2H3,(H,22,24)/t10-,11-,12-,13-/m0/s1. The zero-order valence-electron chi connectivity index (χ0n) is 15.7. The number of carbonyl (C=O) groups excluding carboxylic acids is 4. The highest BCUT2D eigenvalue weighted by Gasteiger charge is 2.51. The van der Waals surface area contributed by atoms with Gasteiger partial charge in [-0.1, -0.05) is 24.4 Å². The van der Waals surface area contributed by atoms with Crippen LogP contribution in [0, 0.1) is 11.8 Å². The highest BCUT2D eigenvalue weighted by molar-refractivity contribution is 6.32. The Hall–Kier alpha value is -2.48. The largest absolute Gasteiger partial charge is 0.451 e. The van der Waals surface area contributed by atoms with Gasteiger partial charge in [0.05, 0.1) is 17.5 Å². The lowest BCUT2D eigenvalue weighted by Gasteiger charge is -2.23. The predicted molar refractivity (Wildman–Crippen MR) is 100 cm³/mol. The summed E-state index contributed by atoms with van der Waals surface area (Å²) in [6.07, 6.45) is 3.48. The molecule has 1 saturated heterocycles. The first-order valence-electron chi connectivity index (χ1n) is 9.30. The molecule has 3 rings (SSSR count). The number of pyridine rings is 1. The van der Waals surface area contributed by atoms with E-state index in [2.05, 4.69) is 10.3 Å². The van der Waals surface area contributed by atoms with Crippen LogP contribution < -0.4 is 5.32 Å². The lowest BCUT2D eigenvalue weighted by molar-refractivity contribution is -0.163. The highest BCUT2D eigenvalue weighted by Crippen LogP contribution is 2.39. The van der Waals surface area contributed by atoms with Crippen LogP contribution in [0.1, 0.15) is 39.5 Å². The van der Waals surface area contributed by atoms with Crippen LogP contribution in [0.2, 0.25) is 5.15 Å². The van der Waals surface area contributed by atoms with Crippen molar-refractivity contribution in [2.75, 3.05) is 5.32 Å². The van der Waals surface area contributed by atoms with E-state index < -0.39 is 24.0 Å². The number of amides is 3. The minimum Gasteiger partial charge on any atom is -0.451 e. The maximum absolute atomic E-state index is 12.6. The van der Waals surface area contributed by atoms with E-state index in [0.717, 1.165) is 17.7 Å². The lowest BCUT2D eigenvalue weighted by atomic mass is 9.81. The summed E-state index contributed by atoms with van der Waals surface area (Å²) in [7, 11) is 0. The summed E-state index contributed by atoms with van der Waals surface area (Å²) in [6.45, 7) is 2.84. The Morgan fingerprint density at radius 1 is 1.21 bits per heavy atom.